The molecule has 6 rings (SSSR count). The average molecular weight is 871 g/mol. The second-order valence-electron chi connectivity index (χ2n) is 17.7. The molecule has 4 saturated carbocycles. The molecule has 0 N–H and O–H groups in total. The maximum Gasteiger partial charge on any atom is 0.243 e. The van der Waals surface area contributed by atoms with Crippen LogP contribution in [0.15, 0.2) is 58.3 Å². The Hall–Kier alpha value is -2.80. The van der Waals surface area contributed by atoms with Gasteiger partial charge in [-0.05, 0) is 113 Å². The summed E-state index contributed by atoms with van der Waals surface area (Å²) in [5.41, 5.74) is 0. The molecule has 0 atom stereocenters. The van der Waals surface area contributed by atoms with E-state index in [4.69, 9.17) is 9.47 Å². The number of ether oxygens (including phenoxy) is 2. The van der Waals surface area contributed by atoms with Crippen molar-refractivity contribution in [2.24, 2.45) is 11.8 Å². The van der Waals surface area contributed by atoms with Crippen molar-refractivity contribution in [2.45, 2.75) is 189 Å². The van der Waals surface area contributed by atoms with Crippen LogP contribution in [0.3, 0.4) is 0 Å². The Bertz CT molecular complexity index is 1660. The van der Waals surface area contributed by atoms with Crippen molar-refractivity contribution in [3.8, 4) is 11.5 Å². The van der Waals surface area contributed by atoms with Crippen molar-refractivity contribution in [1.82, 2.24) is 8.61 Å². The Morgan fingerprint density at radius 1 is 0.467 bits per heavy atom. The van der Waals surface area contributed by atoms with Crippen molar-refractivity contribution in [1.29, 1.82) is 0 Å². The number of carbonyl (C=O) groups excluding carboxylic acids is 2. The fourth-order valence-electron chi connectivity index (χ4n) is 9.93. The highest BCUT2D eigenvalue weighted by atomic mass is 32.2. The minimum Gasteiger partial charge on any atom is -0.497 e. The molecule has 2 aromatic rings. The zero-order valence-electron chi connectivity index (χ0n) is 36.7. The van der Waals surface area contributed by atoms with E-state index in [1.165, 1.54) is 38.5 Å². The summed E-state index contributed by atoms with van der Waals surface area (Å²) in [6.07, 6.45) is 26.0. The van der Waals surface area contributed by atoms with Gasteiger partial charge in [-0.2, -0.15) is 8.61 Å². The van der Waals surface area contributed by atoms with Crippen molar-refractivity contribution in [3.63, 3.8) is 0 Å². The molecule has 0 unspecified atom stereocenters. The number of ketones is 2. The van der Waals surface area contributed by atoms with Crippen molar-refractivity contribution in [2.75, 3.05) is 27.3 Å². The molecule has 10 nitrogen and oxygen atoms in total. The molecular formula is C48H74N2O8S2. The molecule has 0 saturated heterocycles. The minimum atomic E-state index is -3.59. The molecule has 0 bridgehead atoms. The van der Waals surface area contributed by atoms with Crippen LogP contribution in [0.4, 0.5) is 0 Å². The summed E-state index contributed by atoms with van der Waals surface area (Å²) < 4.78 is 67.5. The number of Topliss-reactive ketones (excluding diaryl/α,β-unsaturated/α-hetero) is 2. The van der Waals surface area contributed by atoms with Crippen molar-refractivity contribution in [3.05, 3.63) is 48.5 Å². The molecule has 0 amide bonds. The normalized spacial score (nSPS) is 19.5. The molecule has 60 heavy (non-hydrogen) atoms. The Kier molecular flexibility index (Phi) is 19.9. The summed E-state index contributed by atoms with van der Waals surface area (Å²) in [6.45, 7) is 0.856. The lowest BCUT2D eigenvalue weighted by atomic mass is 9.92. The lowest BCUT2D eigenvalue weighted by Crippen LogP contribution is -2.42. The first-order chi connectivity index (χ1) is 29.0. The van der Waals surface area contributed by atoms with Gasteiger partial charge in [0.05, 0.1) is 24.0 Å². The van der Waals surface area contributed by atoms with Crippen LogP contribution in [-0.4, -0.2) is 76.4 Å². The van der Waals surface area contributed by atoms with Crippen molar-refractivity contribution < 1.29 is 35.9 Å². The summed E-state index contributed by atoms with van der Waals surface area (Å²) >= 11 is 0. The summed E-state index contributed by atoms with van der Waals surface area (Å²) in [4.78, 5) is 26.1. The third-order valence-electron chi connectivity index (χ3n) is 13.5. The fraction of sp³-hybridized carbons (Fsp3) is 0.708. The van der Waals surface area contributed by atoms with Gasteiger partial charge in [0, 0.05) is 49.9 Å². The topological polar surface area (TPSA) is 127 Å². The predicted octanol–water partition coefficient (Wildman–Crippen LogP) is 10.7. The summed E-state index contributed by atoms with van der Waals surface area (Å²) in [7, 11) is -4.03. The van der Waals surface area contributed by atoms with Crippen LogP contribution in [0.25, 0.3) is 0 Å². The number of benzene rings is 2. The van der Waals surface area contributed by atoms with E-state index < -0.39 is 20.0 Å². The van der Waals surface area contributed by atoms with Gasteiger partial charge >= 0.3 is 0 Å². The Balaban J connectivity index is 0.000000228. The van der Waals surface area contributed by atoms with E-state index in [-0.39, 0.29) is 23.9 Å². The van der Waals surface area contributed by atoms with Crippen LogP contribution < -0.4 is 9.47 Å². The number of carbonyl (C=O) groups is 2. The fourth-order valence-corrected chi connectivity index (χ4v) is 13.4. The molecular weight excluding hydrogens is 797 g/mol. The molecule has 4 aliphatic carbocycles. The number of nitrogens with zero attached hydrogens (tertiary/aromatic N) is 2. The highest BCUT2D eigenvalue weighted by molar-refractivity contribution is 7.89. The predicted molar refractivity (Wildman–Crippen MR) is 238 cm³/mol. The van der Waals surface area contributed by atoms with Crippen LogP contribution in [0, 0.1) is 11.8 Å². The smallest absolute Gasteiger partial charge is 0.243 e. The number of hydrogen-bond acceptors (Lipinski definition) is 8. The van der Waals surface area contributed by atoms with Gasteiger partial charge in [0.15, 0.2) is 0 Å². The molecule has 0 spiro atoms. The number of hydrogen-bond donors (Lipinski definition) is 0. The first-order valence-electron chi connectivity index (χ1n) is 23.4. The van der Waals surface area contributed by atoms with Crippen molar-refractivity contribution >= 4 is 31.6 Å². The molecule has 0 aromatic heterocycles. The van der Waals surface area contributed by atoms with Crippen LogP contribution in [0.5, 0.6) is 11.5 Å². The van der Waals surface area contributed by atoms with Gasteiger partial charge in [-0.25, -0.2) is 16.8 Å². The van der Waals surface area contributed by atoms with Crippen LogP contribution in [-0.2, 0) is 29.6 Å². The van der Waals surface area contributed by atoms with Gasteiger partial charge < -0.3 is 9.47 Å². The largest absolute Gasteiger partial charge is 0.497 e. The van der Waals surface area contributed by atoms with Gasteiger partial charge in [-0.15, -0.1) is 0 Å². The second-order valence-corrected chi connectivity index (χ2v) is 21.5. The zero-order chi connectivity index (χ0) is 42.8. The van der Waals surface area contributed by atoms with E-state index in [0.29, 0.717) is 71.6 Å². The first-order valence-corrected chi connectivity index (χ1v) is 26.3. The molecule has 2 aromatic carbocycles. The van der Waals surface area contributed by atoms with E-state index >= 15 is 0 Å². The monoisotopic (exact) mass is 870 g/mol. The summed E-state index contributed by atoms with van der Waals surface area (Å²) in [5, 5.41) is 0. The molecule has 336 valence electrons. The second kappa shape index (κ2) is 24.7. The van der Waals surface area contributed by atoms with Gasteiger partial charge in [-0.3, -0.25) is 9.59 Å². The molecule has 0 radical (unpaired) electrons. The van der Waals surface area contributed by atoms with E-state index in [2.05, 4.69) is 0 Å². The third kappa shape index (κ3) is 14.1. The highest BCUT2D eigenvalue weighted by Crippen LogP contribution is 2.32. The molecule has 0 aliphatic heterocycles. The highest BCUT2D eigenvalue weighted by Gasteiger charge is 2.34. The minimum absolute atomic E-state index is 0.0406. The van der Waals surface area contributed by atoms with Crippen LogP contribution in [0.2, 0.25) is 0 Å². The lowest BCUT2D eigenvalue weighted by molar-refractivity contribution is -0.124. The quantitative estimate of drug-likeness (QED) is 0.136. The summed E-state index contributed by atoms with van der Waals surface area (Å²) in [5.74, 6) is 2.34. The standard InChI is InChI=1S/2C24H37NO4S/c2*1-29-22-15-17-23(18-16-22)30(27,28)25(21-12-7-4-8-13-21)19-9-14-24(26)20-10-5-2-3-6-11-20/h2*15-18,20-21H,2-14,19H2,1H3. The molecule has 0 heterocycles. The zero-order valence-corrected chi connectivity index (χ0v) is 38.3. The van der Waals surface area contributed by atoms with Gasteiger partial charge in [-0.1, -0.05) is 89.9 Å². The summed E-state index contributed by atoms with van der Waals surface area (Å²) in [6, 6.07) is 13.4. The van der Waals surface area contributed by atoms with Crippen LogP contribution >= 0.6 is 0 Å². The Labute approximate surface area is 362 Å². The van der Waals surface area contributed by atoms with Gasteiger partial charge in [0.2, 0.25) is 20.0 Å². The van der Waals surface area contributed by atoms with E-state index in [0.717, 1.165) is 103 Å². The SMILES string of the molecule is COc1ccc(S(=O)(=O)N(CCCC(=O)C2CCCCCC2)C2CCCCC2)cc1.COc1ccc(S(=O)(=O)N(CCCC(=O)C2CCCCCC2)C2CCCCC2)cc1. The Morgan fingerprint density at radius 2 is 0.750 bits per heavy atom. The molecule has 12 heteroatoms. The first kappa shape index (κ1) is 48.2. The third-order valence-corrected chi connectivity index (χ3v) is 17.5. The van der Waals surface area contributed by atoms with Crippen LogP contribution in [0.1, 0.15) is 167 Å². The maximum atomic E-state index is 13.5. The van der Waals surface area contributed by atoms with E-state index in [1.807, 2.05) is 0 Å². The van der Waals surface area contributed by atoms with Gasteiger partial charge in [0.25, 0.3) is 0 Å². The van der Waals surface area contributed by atoms with Gasteiger partial charge in [0.1, 0.15) is 23.1 Å². The molecule has 4 aliphatic rings. The number of sulfonamides is 2. The number of rotatable bonds is 18. The molecule has 4 fully saturated rings. The maximum absolute atomic E-state index is 13.5. The van der Waals surface area contributed by atoms with E-state index in [1.54, 1.807) is 71.4 Å². The average Bonchev–Trinajstić information content (AvgIpc) is 3.74. The number of methoxy groups -OCH3 is 2. The Morgan fingerprint density at radius 3 is 1.05 bits per heavy atom. The lowest BCUT2D eigenvalue weighted by Gasteiger charge is -2.33. The van der Waals surface area contributed by atoms with E-state index in [9.17, 15) is 26.4 Å².